The van der Waals surface area contributed by atoms with Gasteiger partial charge in [-0.2, -0.15) is 0 Å². The normalized spacial score (nSPS) is 13.3. The van der Waals surface area contributed by atoms with Crippen molar-refractivity contribution in [2.45, 2.75) is 19.3 Å². The first-order valence-electron chi connectivity index (χ1n) is 20.8. The second-order valence-corrected chi connectivity index (χ2v) is 16.9. The third-order valence-electron chi connectivity index (χ3n) is 13.3. The van der Waals surface area contributed by atoms with Crippen molar-refractivity contribution in [1.82, 2.24) is 4.40 Å². The summed E-state index contributed by atoms with van der Waals surface area (Å²) in [7, 11) is 0. The molecule has 3 heterocycles. The highest BCUT2D eigenvalue weighted by molar-refractivity contribution is 6.25. The van der Waals surface area contributed by atoms with Gasteiger partial charge in [-0.15, -0.1) is 0 Å². The Kier molecular flexibility index (Phi) is 6.78. The summed E-state index contributed by atoms with van der Waals surface area (Å²) in [5.74, 6) is 0. The molecule has 3 heteroatoms. The average Bonchev–Trinajstić information content (AvgIpc) is 4.01. The molecular formula is C57H38N2O. The van der Waals surface area contributed by atoms with Crippen molar-refractivity contribution in [3.63, 3.8) is 0 Å². The van der Waals surface area contributed by atoms with Crippen molar-refractivity contribution in [2.24, 2.45) is 0 Å². The van der Waals surface area contributed by atoms with Crippen LogP contribution in [0.4, 0.5) is 17.1 Å². The number of hydrogen-bond donors (Lipinski definition) is 0. The first-order valence-corrected chi connectivity index (χ1v) is 20.8. The van der Waals surface area contributed by atoms with Gasteiger partial charge in [-0.05, 0) is 93.5 Å². The first kappa shape index (κ1) is 33.4. The zero-order valence-electron chi connectivity index (χ0n) is 33.3. The number of benzene rings is 9. The van der Waals surface area contributed by atoms with Crippen molar-refractivity contribution in [2.75, 3.05) is 4.90 Å². The Balaban J connectivity index is 0.953. The van der Waals surface area contributed by atoms with E-state index in [-0.39, 0.29) is 5.41 Å². The Bertz CT molecular complexity index is 3680. The molecule has 0 saturated heterocycles. The summed E-state index contributed by atoms with van der Waals surface area (Å²) in [6, 6.07) is 71.1. The predicted molar refractivity (Wildman–Crippen MR) is 251 cm³/mol. The van der Waals surface area contributed by atoms with Gasteiger partial charge in [-0.1, -0.05) is 147 Å². The summed E-state index contributed by atoms with van der Waals surface area (Å²) in [6.07, 6.45) is 0. The van der Waals surface area contributed by atoms with Gasteiger partial charge in [0.1, 0.15) is 11.2 Å². The molecular weight excluding hydrogens is 729 g/mol. The zero-order valence-corrected chi connectivity index (χ0v) is 33.3. The number of nitrogens with zero attached hydrogens (tertiary/aromatic N) is 2. The quantitative estimate of drug-likeness (QED) is 0.174. The molecule has 13 rings (SSSR count). The van der Waals surface area contributed by atoms with Crippen LogP contribution < -0.4 is 4.90 Å². The predicted octanol–water partition coefficient (Wildman–Crippen LogP) is 15.8. The summed E-state index contributed by atoms with van der Waals surface area (Å²) in [5.41, 5.74) is 18.8. The van der Waals surface area contributed by atoms with Crippen molar-refractivity contribution in [3.8, 4) is 33.4 Å². The molecule has 0 bridgehead atoms. The number of hydrogen-bond acceptors (Lipinski definition) is 2. The highest BCUT2D eigenvalue weighted by Gasteiger charge is 2.36. The van der Waals surface area contributed by atoms with Crippen molar-refractivity contribution >= 4 is 77.1 Å². The van der Waals surface area contributed by atoms with Crippen molar-refractivity contribution in [3.05, 3.63) is 205 Å². The number of aromatic nitrogens is 1. The SMILES string of the molecule is CC1(C)c2cc(-c3cccc4c5cccc6c7ccccc7n(c34)c65)ccc2-c2ccc(N(c3ccc(-c4ccccc4)cc3)c3ccc4c(c3)oc3ccccc34)cc21. The second-order valence-electron chi connectivity index (χ2n) is 16.9. The van der Waals surface area contributed by atoms with E-state index in [1.807, 2.05) is 12.1 Å². The maximum atomic E-state index is 6.44. The summed E-state index contributed by atoms with van der Waals surface area (Å²) < 4.78 is 8.95. The Hall–Kier alpha value is -7.62. The summed E-state index contributed by atoms with van der Waals surface area (Å²) in [4.78, 5) is 2.37. The number of anilines is 3. The maximum absolute atomic E-state index is 6.44. The minimum atomic E-state index is -0.240. The van der Waals surface area contributed by atoms with Gasteiger partial charge in [-0.25, -0.2) is 0 Å². The van der Waals surface area contributed by atoms with Crippen molar-refractivity contribution < 1.29 is 4.42 Å². The lowest BCUT2D eigenvalue weighted by molar-refractivity contribution is 0.660. The summed E-state index contributed by atoms with van der Waals surface area (Å²) in [5, 5.41) is 7.47. The molecule has 0 spiro atoms. The van der Waals surface area contributed by atoms with Crippen LogP contribution >= 0.6 is 0 Å². The molecule has 0 aliphatic heterocycles. The van der Waals surface area contributed by atoms with Crippen LogP contribution in [-0.4, -0.2) is 4.40 Å². The first-order chi connectivity index (χ1) is 29.5. The standard InChI is InChI=1S/C57H38N2O/c1-57(2)50-32-37(41-16-10-18-48-49-19-11-17-47-44-14-6-8-20-52(44)59(55(41)48)56(47)49)24-29-42(50)43-30-27-39(33-51(43)57)58(38-25-22-36(23-26-38)35-12-4-3-5-13-35)40-28-31-46-45-15-7-9-21-53(45)60-54(46)34-40/h3-34H,1-2H3. The van der Waals surface area contributed by atoms with Crippen LogP contribution in [0.15, 0.2) is 199 Å². The molecule has 282 valence electrons. The molecule has 0 fully saturated rings. The van der Waals surface area contributed by atoms with Gasteiger partial charge in [-0.3, -0.25) is 0 Å². The molecule has 0 atom stereocenters. The highest BCUT2D eigenvalue weighted by atomic mass is 16.3. The van der Waals surface area contributed by atoms with E-state index in [1.54, 1.807) is 0 Å². The van der Waals surface area contributed by atoms with E-state index in [0.717, 1.165) is 39.0 Å². The molecule has 3 nitrogen and oxygen atoms in total. The minimum Gasteiger partial charge on any atom is -0.456 e. The van der Waals surface area contributed by atoms with Gasteiger partial charge in [0.2, 0.25) is 0 Å². The summed E-state index contributed by atoms with van der Waals surface area (Å²) >= 11 is 0. The smallest absolute Gasteiger partial charge is 0.137 e. The number of para-hydroxylation sites is 4. The topological polar surface area (TPSA) is 20.8 Å². The van der Waals surface area contributed by atoms with E-state index >= 15 is 0 Å². The molecule has 60 heavy (non-hydrogen) atoms. The maximum Gasteiger partial charge on any atom is 0.137 e. The highest BCUT2D eigenvalue weighted by Crippen LogP contribution is 2.52. The van der Waals surface area contributed by atoms with Crippen molar-refractivity contribution in [1.29, 1.82) is 0 Å². The molecule has 0 saturated carbocycles. The van der Waals surface area contributed by atoms with Gasteiger partial charge in [0.25, 0.3) is 0 Å². The van der Waals surface area contributed by atoms with Crippen LogP contribution in [0, 0.1) is 0 Å². The van der Waals surface area contributed by atoms with Gasteiger partial charge in [0.05, 0.1) is 16.6 Å². The van der Waals surface area contributed by atoms with Crippen LogP contribution in [0.1, 0.15) is 25.0 Å². The fourth-order valence-electron chi connectivity index (χ4n) is 10.5. The zero-order chi connectivity index (χ0) is 39.7. The third kappa shape index (κ3) is 4.60. The third-order valence-corrected chi connectivity index (χ3v) is 13.3. The van der Waals surface area contributed by atoms with Gasteiger partial charge >= 0.3 is 0 Å². The second kappa shape index (κ2) is 12.2. The molecule has 1 aliphatic carbocycles. The molecule has 0 unspecified atom stereocenters. The molecule has 9 aromatic carbocycles. The lowest BCUT2D eigenvalue weighted by Crippen LogP contribution is -2.16. The fourth-order valence-corrected chi connectivity index (χ4v) is 10.5. The summed E-state index contributed by atoms with van der Waals surface area (Å²) in [6.45, 7) is 4.78. The average molecular weight is 767 g/mol. The molecule has 3 aromatic heterocycles. The Morgan fingerprint density at radius 2 is 0.950 bits per heavy atom. The molecule has 0 radical (unpaired) electrons. The molecule has 0 amide bonds. The van der Waals surface area contributed by atoms with E-state index in [4.69, 9.17) is 4.42 Å². The Labute approximate surface area is 347 Å². The van der Waals surface area contributed by atoms with Crippen LogP contribution in [0.2, 0.25) is 0 Å². The Morgan fingerprint density at radius 3 is 1.78 bits per heavy atom. The monoisotopic (exact) mass is 766 g/mol. The van der Waals surface area contributed by atoms with E-state index in [2.05, 4.69) is 205 Å². The largest absolute Gasteiger partial charge is 0.456 e. The van der Waals surface area contributed by atoms with Crippen LogP contribution in [0.5, 0.6) is 0 Å². The fraction of sp³-hybridized carbons (Fsp3) is 0.0526. The van der Waals surface area contributed by atoms with E-state index in [0.29, 0.717) is 0 Å². The van der Waals surface area contributed by atoms with Crippen LogP contribution in [0.3, 0.4) is 0 Å². The van der Waals surface area contributed by atoms with E-state index in [9.17, 15) is 0 Å². The molecule has 12 aromatic rings. The van der Waals surface area contributed by atoms with Gasteiger partial charge in [0, 0.05) is 66.4 Å². The number of furan rings is 1. The Morgan fingerprint density at radius 1 is 0.383 bits per heavy atom. The lowest BCUT2D eigenvalue weighted by Gasteiger charge is -2.28. The molecule has 1 aliphatic rings. The number of fused-ring (bicyclic) bond motifs is 12. The molecule has 0 N–H and O–H groups in total. The van der Waals surface area contributed by atoms with Crippen LogP contribution in [-0.2, 0) is 5.41 Å². The number of rotatable bonds is 5. The minimum absolute atomic E-state index is 0.240. The van der Waals surface area contributed by atoms with E-state index in [1.165, 1.54) is 82.6 Å². The lowest BCUT2D eigenvalue weighted by atomic mass is 9.81. The van der Waals surface area contributed by atoms with Gasteiger partial charge < -0.3 is 13.7 Å². The van der Waals surface area contributed by atoms with Gasteiger partial charge in [0.15, 0.2) is 0 Å². The van der Waals surface area contributed by atoms with E-state index < -0.39 is 0 Å². The van der Waals surface area contributed by atoms with Crippen LogP contribution in [0.25, 0.3) is 93.4 Å².